The van der Waals surface area contributed by atoms with E-state index in [1.807, 2.05) is 11.3 Å². The van der Waals surface area contributed by atoms with Gasteiger partial charge in [0.25, 0.3) is 6.71 Å². The molecule has 0 saturated carbocycles. The van der Waals surface area contributed by atoms with Crippen LogP contribution in [0.5, 0.6) is 0 Å². The van der Waals surface area contributed by atoms with E-state index in [0.717, 1.165) is 29.9 Å². The van der Waals surface area contributed by atoms with Gasteiger partial charge in [0.1, 0.15) is 0 Å². The van der Waals surface area contributed by atoms with Crippen molar-refractivity contribution in [2.75, 3.05) is 14.7 Å². The molecule has 2 aliphatic heterocycles. The molecule has 0 radical (unpaired) electrons. The van der Waals surface area contributed by atoms with E-state index in [0.29, 0.717) is 0 Å². The van der Waals surface area contributed by atoms with E-state index in [2.05, 4.69) is 269 Å². The molecule has 4 aliphatic rings. The maximum atomic E-state index is 2.72. The highest BCUT2D eigenvalue weighted by molar-refractivity contribution is 7.25. The van der Waals surface area contributed by atoms with Crippen LogP contribution < -0.4 is 31.1 Å². The van der Waals surface area contributed by atoms with Crippen molar-refractivity contribution in [2.45, 2.75) is 155 Å². The van der Waals surface area contributed by atoms with Gasteiger partial charge in [-0.25, -0.2) is 0 Å². The first-order valence-electron chi connectivity index (χ1n) is 28.5. The van der Waals surface area contributed by atoms with Crippen LogP contribution in [0.25, 0.3) is 20.2 Å². The standard InChI is InChI=1S/C72H76BN3S/c1-67(2,3)45-25-29-52-53-40-49(28-32-64(53)77-65(52)39-45)75-60-42-51(74(47-21-17-15-18-22-47)48-23-19-16-20-24-48)27-31-58(60)73-59-43-56-57(72(13,14)36-35-71(56,11)12)44-61(59)76(63-38-46(68(4,5)6)37-62(75)66(63)73)50-26-30-54-55(41-50)70(9,10)34-33-69(54,7)8/h15-32,37-44H,33-36H2,1-14H3. The lowest BCUT2D eigenvalue weighted by atomic mass is 9.33. The molecule has 0 N–H and O–H groups in total. The molecular formula is C72H76BN3S. The van der Waals surface area contributed by atoms with Gasteiger partial charge in [0.15, 0.2) is 0 Å². The fraction of sp³-hybridized carbons (Fsp3) is 0.333. The topological polar surface area (TPSA) is 9.72 Å². The second kappa shape index (κ2) is 17.0. The summed E-state index contributed by atoms with van der Waals surface area (Å²) < 4.78 is 2.66. The average Bonchev–Trinajstić information content (AvgIpc) is 3.94. The van der Waals surface area contributed by atoms with Crippen molar-refractivity contribution in [3.63, 3.8) is 0 Å². The quantitative estimate of drug-likeness (QED) is 0.159. The van der Waals surface area contributed by atoms with E-state index >= 15 is 0 Å². The van der Waals surface area contributed by atoms with E-state index in [-0.39, 0.29) is 39.2 Å². The van der Waals surface area contributed by atoms with Crippen molar-refractivity contribution in [1.29, 1.82) is 0 Å². The minimum atomic E-state index is -0.153. The summed E-state index contributed by atoms with van der Waals surface area (Å²) in [6, 6.07) is 61.8. The molecule has 0 unspecified atom stereocenters. The lowest BCUT2D eigenvalue weighted by Crippen LogP contribution is -2.62. The van der Waals surface area contributed by atoms with Crippen LogP contribution in [0.2, 0.25) is 0 Å². The number of benzene rings is 8. The molecule has 2 aliphatic carbocycles. The molecule has 3 nitrogen and oxygen atoms in total. The Kier molecular flexibility index (Phi) is 11.0. The highest BCUT2D eigenvalue weighted by Gasteiger charge is 2.48. The van der Waals surface area contributed by atoms with Crippen LogP contribution in [-0.2, 0) is 32.5 Å². The van der Waals surface area contributed by atoms with E-state index < -0.39 is 0 Å². The van der Waals surface area contributed by atoms with Crippen molar-refractivity contribution >= 4 is 106 Å². The first-order valence-corrected chi connectivity index (χ1v) is 29.4. The van der Waals surface area contributed by atoms with E-state index in [1.54, 1.807) is 0 Å². The van der Waals surface area contributed by atoms with Gasteiger partial charge in [-0.1, -0.05) is 164 Å². The normalized spacial score (nSPS) is 17.6. The van der Waals surface area contributed by atoms with Gasteiger partial charge in [-0.05, 0) is 199 Å². The van der Waals surface area contributed by atoms with Gasteiger partial charge in [-0.15, -0.1) is 11.3 Å². The number of thiophene rings is 1. The highest BCUT2D eigenvalue weighted by Crippen LogP contribution is 2.54. The molecule has 9 aromatic rings. The monoisotopic (exact) mass is 1030 g/mol. The molecule has 388 valence electrons. The van der Waals surface area contributed by atoms with Crippen molar-refractivity contribution in [3.8, 4) is 0 Å². The maximum absolute atomic E-state index is 2.72. The van der Waals surface area contributed by atoms with Gasteiger partial charge in [-0.2, -0.15) is 0 Å². The summed E-state index contributed by atoms with van der Waals surface area (Å²) >= 11 is 1.92. The van der Waals surface area contributed by atoms with Crippen LogP contribution in [0, 0.1) is 0 Å². The Morgan fingerprint density at radius 3 is 1.51 bits per heavy atom. The average molecular weight is 1030 g/mol. The third kappa shape index (κ3) is 7.94. The minimum Gasteiger partial charge on any atom is -0.311 e. The molecule has 0 saturated heterocycles. The van der Waals surface area contributed by atoms with Crippen LogP contribution in [0.4, 0.5) is 51.2 Å². The molecule has 0 bridgehead atoms. The van der Waals surface area contributed by atoms with Crippen molar-refractivity contribution in [1.82, 2.24) is 0 Å². The predicted molar refractivity (Wildman–Crippen MR) is 336 cm³/mol. The Balaban J connectivity index is 1.15. The Labute approximate surface area is 464 Å². The number of para-hydroxylation sites is 2. The first-order chi connectivity index (χ1) is 36.4. The molecule has 5 heteroatoms. The summed E-state index contributed by atoms with van der Waals surface area (Å²) in [6.07, 6.45) is 4.68. The predicted octanol–water partition coefficient (Wildman–Crippen LogP) is 18.9. The molecular weight excluding hydrogens is 950 g/mol. The summed E-state index contributed by atoms with van der Waals surface area (Å²) in [7, 11) is 0. The smallest absolute Gasteiger partial charge is 0.252 e. The SMILES string of the molecule is CC(C)(C)c1cc2c3c(c1)N(c1ccc4c(c1)C(C)(C)CCC4(C)C)c1cc4c(cc1B3c1ccc(N(c3ccccc3)c3ccccc3)cc1N2c1ccc2sc3cc(C(C)(C)C)ccc3c2c1)C(C)(C)CCC4(C)C. The summed E-state index contributed by atoms with van der Waals surface area (Å²) in [5.74, 6) is 0. The number of hydrogen-bond acceptors (Lipinski definition) is 4. The second-order valence-corrected chi connectivity index (χ2v) is 29.1. The van der Waals surface area contributed by atoms with Crippen LogP contribution in [0.1, 0.15) is 156 Å². The van der Waals surface area contributed by atoms with Gasteiger partial charge in [0, 0.05) is 71.4 Å². The Morgan fingerprint density at radius 2 is 0.922 bits per heavy atom. The van der Waals surface area contributed by atoms with E-state index in [9.17, 15) is 0 Å². The van der Waals surface area contributed by atoms with E-state index in [1.165, 1.54) is 117 Å². The summed E-state index contributed by atoms with van der Waals surface area (Å²) in [5.41, 5.74) is 23.8. The zero-order chi connectivity index (χ0) is 53.9. The van der Waals surface area contributed by atoms with Crippen LogP contribution >= 0.6 is 11.3 Å². The molecule has 0 amide bonds. The van der Waals surface area contributed by atoms with Crippen molar-refractivity contribution in [2.24, 2.45) is 0 Å². The number of anilines is 9. The summed E-state index contributed by atoms with van der Waals surface area (Å²) in [5, 5.41) is 2.63. The van der Waals surface area contributed by atoms with E-state index in [4.69, 9.17) is 0 Å². The summed E-state index contributed by atoms with van der Waals surface area (Å²) in [6.45, 7) is 34.0. The Bertz CT molecular complexity index is 3820. The van der Waals surface area contributed by atoms with Crippen molar-refractivity contribution in [3.05, 3.63) is 191 Å². The maximum Gasteiger partial charge on any atom is 0.252 e. The molecule has 8 aromatic carbocycles. The van der Waals surface area contributed by atoms with Crippen LogP contribution in [0.3, 0.4) is 0 Å². The molecule has 1 aromatic heterocycles. The fourth-order valence-corrected chi connectivity index (χ4v) is 15.0. The van der Waals surface area contributed by atoms with Gasteiger partial charge in [0.05, 0.1) is 0 Å². The Hall–Kier alpha value is -6.56. The highest BCUT2D eigenvalue weighted by atomic mass is 32.1. The zero-order valence-corrected chi connectivity index (χ0v) is 49.0. The number of hydrogen-bond donors (Lipinski definition) is 0. The van der Waals surface area contributed by atoms with Crippen molar-refractivity contribution < 1.29 is 0 Å². The Morgan fingerprint density at radius 1 is 0.403 bits per heavy atom. The van der Waals surface area contributed by atoms with Crippen LogP contribution in [-0.4, -0.2) is 6.71 Å². The summed E-state index contributed by atoms with van der Waals surface area (Å²) in [4.78, 5) is 7.82. The molecule has 3 heterocycles. The largest absolute Gasteiger partial charge is 0.311 e. The third-order valence-electron chi connectivity index (χ3n) is 18.9. The fourth-order valence-electron chi connectivity index (χ4n) is 13.9. The zero-order valence-electron chi connectivity index (χ0n) is 48.2. The molecule has 0 atom stereocenters. The first kappa shape index (κ1) is 50.0. The lowest BCUT2D eigenvalue weighted by molar-refractivity contribution is 0.332. The number of rotatable bonds is 5. The number of nitrogens with zero attached hydrogens (tertiary/aromatic N) is 3. The minimum absolute atomic E-state index is 0.0248. The number of fused-ring (bicyclic) bond motifs is 9. The molecule has 0 fully saturated rings. The molecule has 13 rings (SSSR count). The van der Waals surface area contributed by atoms with Gasteiger partial charge in [-0.3, -0.25) is 0 Å². The third-order valence-corrected chi connectivity index (χ3v) is 20.0. The van der Waals surface area contributed by atoms with Crippen LogP contribution in [0.15, 0.2) is 158 Å². The van der Waals surface area contributed by atoms with Gasteiger partial charge in [0.2, 0.25) is 0 Å². The lowest BCUT2D eigenvalue weighted by Gasteiger charge is -2.48. The van der Waals surface area contributed by atoms with Gasteiger partial charge >= 0.3 is 0 Å². The second-order valence-electron chi connectivity index (χ2n) is 28.0. The van der Waals surface area contributed by atoms with Gasteiger partial charge < -0.3 is 14.7 Å². The molecule has 77 heavy (non-hydrogen) atoms. The molecule has 0 spiro atoms.